The molecule has 0 spiro atoms. The molecule has 2 rings (SSSR count). The van der Waals surface area contributed by atoms with Crippen molar-refractivity contribution in [3.05, 3.63) is 59.7 Å². The van der Waals surface area contributed by atoms with E-state index < -0.39 is 6.23 Å². The molecule has 2 aromatic rings. The summed E-state index contributed by atoms with van der Waals surface area (Å²) < 4.78 is 0. The zero-order chi connectivity index (χ0) is 16.7. The molecule has 0 saturated carbocycles. The van der Waals surface area contributed by atoms with E-state index in [-0.39, 0.29) is 12.3 Å². The topological polar surface area (TPSA) is 109 Å². The molecule has 6 nitrogen and oxygen atoms in total. The fourth-order valence-corrected chi connectivity index (χ4v) is 1.94. The van der Waals surface area contributed by atoms with Gasteiger partial charge in [0.25, 0.3) is 0 Å². The van der Waals surface area contributed by atoms with Gasteiger partial charge in [-0.2, -0.15) is 10.5 Å². The van der Waals surface area contributed by atoms with Crippen LogP contribution in [0.3, 0.4) is 0 Å². The van der Waals surface area contributed by atoms with Crippen LogP contribution in [0.5, 0.6) is 0 Å². The van der Waals surface area contributed by atoms with E-state index in [0.29, 0.717) is 22.5 Å². The van der Waals surface area contributed by atoms with Crippen molar-refractivity contribution >= 4 is 17.3 Å². The fourth-order valence-electron chi connectivity index (χ4n) is 1.94. The molecule has 2 aromatic carbocycles. The van der Waals surface area contributed by atoms with E-state index in [1.165, 1.54) is 0 Å². The van der Waals surface area contributed by atoms with Gasteiger partial charge in [0.1, 0.15) is 6.23 Å². The Morgan fingerprint density at radius 3 is 2.39 bits per heavy atom. The number of aliphatic hydroxyl groups is 1. The molecule has 0 saturated heterocycles. The molecule has 0 radical (unpaired) electrons. The van der Waals surface area contributed by atoms with E-state index in [9.17, 15) is 9.90 Å². The number of hydrogen-bond donors (Lipinski definition) is 3. The standard InChI is InChI=1S/C17H14N4O2/c18-10-12-4-6-14(7-5-12)20-16(22)9-17(23)21-15-3-1-2-13(8-15)11-19/h1-8,16,20,22H,9H2,(H,21,23). The summed E-state index contributed by atoms with van der Waals surface area (Å²) in [5.74, 6) is -0.381. The predicted molar refractivity (Wildman–Crippen MR) is 85.2 cm³/mol. The molecule has 6 heteroatoms. The number of nitrogens with zero attached hydrogens (tertiary/aromatic N) is 2. The molecule has 0 aliphatic heterocycles. The maximum atomic E-state index is 11.9. The van der Waals surface area contributed by atoms with Gasteiger partial charge in [-0.05, 0) is 42.5 Å². The van der Waals surface area contributed by atoms with Gasteiger partial charge in [0.2, 0.25) is 5.91 Å². The van der Waals surface area contributed by atoms with Crippen LogP contribution in [-0.4, -0.2) is 17.2 Å². The minimum atomic E-state index is -1.07. The first-order chi connectivity index (χ1) is 11.1. The maximum absolute atomic E-state index is 11.9. The van der Waals surface area contributed by atoms with E-state index in [2.05, 4.69) is 10.6 Å². The van der Waals surface area contributed by atoms with Crippen molar-refractivity contribution in [3.63, 3.8) is 0 Å². The lowest BCUT2D eigenvalue weighted by Gasteiger charge is -2.14. The van der Waals surface area contributed by atoms with E-state index >= 15 is 0 Å². The normalized spacial score (nSPS) is 10.9. The first-order valence-electron chi connectivity index (χ1n) is 6.85. The second-order valence-corrected chi connectivity index (χ2v) is 4.79. The summed E-state index contributed by atoms with van der Waals surface area (Å²) in [7, 11) is 0. The first-order valence-corrected chi connectivity index (χ1v) is 6.85. The zero-order valence-electron chi connectivity index (χ0n) is 12.2. The van der Waals surface area contributed by atoms with Crippen molar-refractivity contribution in [2.24, 2.45) is 0 Å². The number of nitriles is 2. The molecule has 0 heterocycles. The van der Waals surface area contributed by atoms with Crippen LogP contribution in [0.1, 0.15) is 17.5 Å². The number of anilines is 2. The largest absolute Gasteiger partial charge is 0.373 e. The van der Waals surface area contributed by atoms with Gasteiger partial charge in [-0.15, -0.1) is 0 Å². The number of carbonyl (C=O) groups excluding carboxylic acids is 1. The van der Waals surface area contributed by atoms with E-state index in [0.717, 1.165) is 0 Å². The highest BCUT2D eigenvalue weighted by molar-refractivity contribution is 5.91. The molecule has 3 N–H and O–H groups in total. The predicted octanol–water partition coefficient (Wildman–Crippen LogP) is 2.19. The summed E-state index contributed by atoms with van der Waals surface area (Å²) in [4.78, 5) is 11.9. The Hall–Kier alpha value is -3.35. The van der Waals surface area contributed by atoms with Crippen molar-refractivity contribution in [1.82, 2.24) is 0 Å². The minimum absolute atomic E-state index is 0.156. The molecule has 0 aliphatic carbocycles. The molecule has 23 heavy (non-hydrogen) atoms. The van der Waals surface area contributed by atoms with Crippen molar-refractivity contribution < 1.29 is 9.90 Å². The van der Waals surface area contributed by atoms with Crippen LogP contribution in [0.15, 0.2) is 48.5 Å². The van der Waals surface area contributed by atoms with Crippen LogP contribution in [-0.2, 0) is 4.79 Å². The lowest BCUT2D eigenvalue weighted by molar-refractivity contribution is -0.117. The SMILES string of the molecule is N#Cc1ccc(NC(O)CC(=O)Nc2cccc(C#N)c2)cc1. The Kier molecular flexibility index (Phi) is 5.30. The van der Waals surface area contributed by atoms with Crippen molar-refractivity contribution in [2.45, 2.75) is 12.6 Å². The van der Waals surface area contributed by atoms with Crippen molar-refractivity contribution in [1.29, 1.82) is 10.5 Å². The molecule has 0 aromatic heterocycles. The highest BCUT2D eigenvalue weighted by Crippen LogP contribution is 2.13. The average molecular weight is 306 g/mol. The summed E-state index contributed by atoms with van der Waals surface area (Å²) >= 11 is 0. The molecular formula is C17H14N4O2. The minimum Gasteiger partial charge on any atom is -0.373 e. The number of carbonyl (C=O) groups is 1. The second kappa shape index (κ2) is 7.60. The van der Waals surface area contributed by atoms with Gasteiger partial charge < -0.3 is 15.7 Å². The monoisotopic (exact) mass is 306 g/mol. The van der Waals surface area contributed by atoms with Gasteiger partial charge in [0, 0.05) is 11.4 Å². The third kappa shape index (κ3) is 4.85. The number of amides is 1. The molecule has 1 amide bonds. The second-order valence-electron chi connectivity index (χ2n) is 4.79. The van der Waals surface area contributed by atoms with Crippen LogP contribution in [0, 0.1) is 22.7 Å². The summed E-state index contributed by atoms with van der Waals surface area (Å²) in [6, 6.07) is 17.0. The summed E-state index contributed by atoms with van der Waals surface area (Å²) in [6.45, 7) is 0. The third-order valence-electron chi connectivity index (χ3n) is 3.00. The van der Waals surface area contributed by atoms with Crippen molar-refractivity contribution in [3.8, 4) is 12.1 Å². The number of rotatable bonds is 5. The van der Waals surface area contributed by atoms with Gasteiger partial charge in [-0.3, -0.25) is 4.79 Å². The summed E-state index contributed by atoms with van der Waals surface area (Å²) in [6.07, 6.45) is -1.22. The van der Waals surface area contributed by atoms with Crippen molar-refractivity contribution in [2.75, 3.05) is 10.6 Å². The number of hydrogen-bond acceptors (Lipinski definition) is 5. The molecule has 1 atom stereocenters. The highest BCUT2D eigenvalue weighted by atomic mass is 16.3. The number of aliphatic hydroxyl groups excluding tert-OH is 1. The molecule has 0 fully saturated rings. The van der Waals surface area contributed by atoms with Crippen LogP contribution < -0.4 is 10.6 Å². The summed E-state index contributed by atoms with van der Waals surface area (Å²) in [5, 5.41) is 32.8. The Balaban J connectivity index is 1.89. The maximum Gasteiger partial charge on any atom is 0.228 e. The first kappa shape index (κ1) is 16.0. The highest BCUT2D eigenvalue weighted by Gasteiger charge is 2.11. The van der Waals surface area contributed by atoms with Gasteiger partial charge in [-0.1, -0.05) is 6.07 Å². The van der Waals surface area contributed by atoms with Crippen LogP contribution in [0.2, 0.25) is 0 Å². The van der Waals surface area contributed by atoms with Gasteiger partial charge in [0.15, 0.2) is 0 Å². The molecule has 1 unspecified atom stereocenters. The summed E-state index contributed by atoms with van der Waals surface area (Å²) in [5.41, 5.74) is 2.06. The third-order valence-corrected chi connectivity index (χ3v) is 3.00. The quantitative estimate of drug-likeness (QED) is 0.734. The van der Waals surface area contributed by atoms with Gasteiger partial charge >= 0.3 is 0 Å². The van der Waals surface area contributed by atoms with E-state index in [4.69, 9.17) is 10.5 Å². The smallest absolute Gasteiger partial charge is 0.228 e. The molecule has 0 bridgehead atoms. The average Bonchev–Trinajstić information content (AvgIpc) is 2.55. The molecular weight excluding hydrogens is 292 g/mol. The Labute approximate surface area is 133 Å². The lowest BCUT2D eigenvalue weighted by Crippen LogP contribution is -2.26. The molecule has 0 aliphatic rings. The van der Waals surface area contributed by atoms with Crippen LogP contribution in [0.25, 0.3) is 0 Å². The Morgan fingerprint density at radius 2 is 1.74 bits per heavy atom. The zero-order valence-corrected chi connectivity index (χ0v) is 12.2. The Bertz CT molecular complexity index is 772. The fraction of sp³-hybridized carbons (Fsp3) is 0.118. The van der Waals surface area contributed by atoms with Crippen LogP contribution in [0.4, 0.5) is 11.4 Å². The van der Waals surface area contributed by atoms with Crippen LogP contribution >= 0.6 is 0 Å². The Morgan fingerprint density at radius 1 is 1.04 bits per heavy atom. The van der Waals surface area contributed by atoms with E-state index in [1.54, 1.807) is 48.5 Å². The van der Waals surface area contributed by atoms with Gasteiger partial charge in [-0.25, -0.2) is 0 Å². The van der Waals surface area contributed by atoms with E-state index in [1.807, 2.05) is 12.1 Å². The van der Waals surface area contributed by atoms with Gasteiger partial charge in [0.05, 0.1) is 29.7 Å². The lowest BCUT2D eigenvalue weighted by atomic mass is 10.2. The number of benzene rings is 2. The number of nitrogens with one attached hydrogen (secondary N) is 2. The molecule has 114 valence electrons.